The zero-order valence-electron chi connectivity index (χ0n) is 19.4. The largest absolute Gasteiger partial charge is 0.496 e. The Morgan fingerprint density at radius 2 is 1.66 bits per heavy atom. The Morgan fingerprint density at radius 1 is 1.00 bits per heavy atom. The molecular formula is C26H37O2P. The van der Waals surface area contributed by atoms with Gasteiger partial charge in [0.1, 0.15) is 5.75 Å². The number of aryl methyl sites for hydroxylation is 2. The number of rotatable bonds is 8. The van der Waals surface area contributed by atoms with Crippen LogP contribution in [0, 0.1) is 13.8 Å². The normalized spacial score (nSPS) is 14.2. The van der Waals surface area contributed by atoms with Crippen LogP contribution >= 0.6 is 8.58 Å². The molecule has 0 spiro atoms. The average molecular weight is 413 g/mol. The maximum atomic E-state index is 11.8. The average Bonchev–Trinajstić information content (AvgIpc) is 2.67. The van der Waals surface area contributed by atoms with Gasteiger partial charge in [-0.05, 0) is 43.5 Å². The van der Waals surface area contributed by atoms with E-state index in [1.807, 2.05) is 13.0 Å². The monoisotopic (exact) mass is 412 g/mol. The zero-order valence-corrected chi connectivity index (χ0v) is 20.4. The molecule has 29 heavy (non-hydrogen) atoms. The van der Waals surface area contributed by atoms with Crippen molar-refractivity contribution in [1.29, 1.82) is 0 Å². The Kier molecular flexibility index (Phi) is 7.68. The molecule has 0 aliphatic rings. The van der Waals surface area contributed by atoms with E-state index in [-0.39, 0.29) is 10.6 Å². The summed E-state index contributed by atoms with van der Waals surface area (Å²) >= 11 is 0. The maximum Gasteiger partial charge on any atom is 0.150 e. The molecule has 2 aromatic rings. The van der Waals surface area contributed by atoms with Crippen molar-refractivity contribution in [3.05, 3.63) is 58.1 Å². The van der Waals surface area contributed by atoms with E-state index in [9.17, 15) is 4.79 Å². The predicted octanol–water partition coefficient (Wildman–Crippen LogP) is 6.83. The lowest BCUT2D eigenvalue weighted by atomic mass is 9.80. The number of aldehydes is 1. The third kappa shape index (κ3) is 5.10. The molecule has 0 amide bonds. The number of ether oxygens (including phenoxy) is 1. The van der Waals surface area contributed by atoms with Crippen LogP contribution in [-0.2, 0) is 10.6 Å². The minimum absolute atomic E-state index is 0.00125. The van der Waals surface area contributed by atoms with Crippen LogP contribution in [-0.4, -0.2) is 13.4 Å². The summed E-state index contributed by atoms with van der Waals surface area (Å²) in [4.78, 5) is 11.8. The number of hydrogen-bond donors (Lipinski definition) is 0. The van der Waals surface area contributed by atoms with Crippen molar-refractivity contribution in [1.82, 2.24) is 0 Å². The molecular weight excluding hydrogens is 375 g/mol. The Morgan fingerprint density at radius 3 is 2.17 bits per heavy atom. The fourth-order valence-corrected chi connectivity index (χ4v) is 6.03. The zero-order chi connectivity index (χ0) is 21.8. The van der Waals surface area contributed by atoms with Gasteiger partial charge in [0, 0.05) is 21.8 Å². The molecule has 158 valence electrons. The molecule has 0 aliphatic heterocycles. The van der Waals surface area contributed by atoms with Gasteiger partial charge in [0.2, 0.25) is 0 Å². The van der Waals surface area contributed by atoms with E-state index >= 15 is 0 Å². The van der Waals surface area contributed by atoms with Crippen molar-refractivity contribution in [2.75, 3.05) is 7.11 Å². The highest BCUT2D eigenvalue weighted by Crippen LogP contribution is 2.53. The SMILES string of the molecule is CCCC(CC)(Pc1ccc(C)cc1C=O)c1cc(C)cc(C(C)(C)C)c1OC. The smallest absolute Gasteiger partial charge is 0.150 e. The Hall–Kier alpha value is -1.66. The quantitative estimate of drug-likeness (QED) is 0.351. The van der Waals surface area contributed by atoms with Crippen molar-refractivity contribution in [2.45, 2.75) is 78.3 Å². The van der Waals surface area contributed by atoms with Crippen LogP contribution in [0.15, 0.2) is 30.3 Å². The first kappa shape index (κ1) is 23.6. The highest BCUT2D eigenvalue weighted by atomic mass is 31.1. The highest BCUT2D eigenvalue weighted by Gasteiger charge is 2.36. The van der Waals surface area contributed by atoms with Gasteiger partial charge in [0.05, 0.1) is 7.11 Å². The maximum absolute atomic E-state index is 11.8. The van der Waals surface area contributed by atoms with Crippen molar-refractivity contribution < 1.29 is 9.53 Å². The fourth-order valence-electron chi connectivity index (χ4n) is 4.20. The Balaban J connectivity index is 2.76. The van der Waals surface area contributed by atoms with E-state index in [1.54, 1.807) is 7.11 Å². The van der Waals surface area contributed by atoms with Crippen LogP contribution in [0.1, 0.15) is 86.5 Å². The second-order valence-electron chi connectivity index (χ2n) is 9.16. The van der Waals surface area contributed by atoms with Gasteiger partial charge < -0.3 is 4.74 Å². The molecule has 0 saturated carbocycles. The summed E-state index contributed by atoms with van der Waals surface area (Å²) in [5.41, 5.74) is 5.77. The van der Waals surface area contributed by atoms with E-state index < -0.39 is 0 Å². The van der Waals surface area contributed by atoms with Gasteiger partial charge in [0.15, 0.2) is 6.29 Å². The number of hydrogen-bond acceptors (Lipinski definition) is 2. The lowest BCUT2D eigenvalue weighted by Gasteiger charge is -2.37. The molecule has 0 heterocycles. The first-order chi connectivity index (χ1) is 13.6. The highest BCUT2D eigenvalue weighted by molar-refractivity contribution is 7.48. The fraction of sp³-hybridized carbons (Fsp3) is 0.500. The number of carbonyl (C=O) groups excluding carboxylic acids is 1. The van der Waals surface area contributed by atoms with Crippen LogP contribution in [0.4, 0.5) is 0 Å². The van der Waals surface area contributed by atoms with Gasteiger partial charge in [-0.1, -0.05) is 85.0 Å². The van der Waals surface area contributed by atoms with Crippen LogP contribution in [0.5, 0.6) is 5.75 Å². The minimum Gasteiger partial charge on any atom is -0.496 e. The van der Waals surface area contributed by atoms with Crippen LogP contribution in [0.2, 0.25) is 0 Å². The van der Waals surface area contributed by atoms with Crippen molar-refractivity contribution in [3.8, 4) is 5.75 Å². The molecule has 2 atom stereocenters. The summed E-state index contributed by atoms with van der Waals surface area (Å²) in [6, 6.07) is 10.9. The molecule has 0 aromatic heterocycles. The van der Waals surface area contributed by atoms with Crippen molar-refractivity contribution in [3.63, 3.8) is 0 Å². The number of carbonyl (C=O) groups is 1. The van der Waals surface area contributed by atoms with E-state index in [1.165, 1.54) is 16.7 Å². The lowest BCUT2D eigenvalue weighted by molar-refractivity contribution is 0.112. The number of methoxy groups -OCH3 is 1. The molecule has 0 saturated heterocycles. The van der Waals surface area contributed by atoms with Gasteiger partial charge >= 0.3 is 0 Å². The van der Waals surface area contributed by atoms with E-state index in [4.69, 9.17) is 4.74 Å². The summed E-state index contributed by atoms with van der Waals surface area (Å²) in [6.07, 6.45) is 4.17. The molecule has 2 rings (SSSR count). The Bertz CT molecular complexity index is 864. The topological polar surface area (TPSA) is 26.3 Å². The molecule has 2 nitrogen and oxygen atoms in total. The summed E-state index contributed by atoms with van der Waals surface area (Å²) in [7, 11) is 2.31. The molecule has 0 radical (unpaired) electrons. The number of benzene rings is 2. The molecule has 2 aromatic carbocycles. The van der Waals surface area contributed by atoms with E-state index in [0.29, 0.717) is 8.58 Å². The van der Waals surface area contributed by atoms with Gasteiger partial charge in [0.25, 0.3) is 0 Å². The van der Waals surface area contributed by atoms with E-state index in [2.05, 4.69) is 65.8 Å². The van der Waals surface area contributed by atoms with Crippen molar-refractivity contribution >= 4 is 20.2 Å². The Labute approximate surface area is 179 Å². The summed E-state index contributed by atoms with van der Waals surface area (Å²) in [6.45, 7) is 15.5. The first-order valence-corrected chi connectivity index (χ1v) is 11.7. The second kappa shape index (κ2) is 9.43. The summed E-state index contributed by atoms with van der Waals surface area (Å²) in [5.74, 6) is 1.02. The molecule has 0 N–H and O–H groups in total. The van der Waals surface area contributed by atoms with Crippen LogP contribution in [0.3, 0.4) is 0 Å². The van der Waals surface area contributed by atoms with Crippen molar-refractivity contribution in [2.24, 2.45) is 0 Å². The minimum atomic E-state index is -0.0425. The lowest BCUT2D eigenvalue weighted by Crippen LogP contribution is -2.26. The van der Waals surface area contributed by atoms with Gasteiger partial charge in [-0.25, -0.2) is 0 Å². The summed E-state index contributed by atoms with van der Waals surface area (Å²) in [5, 5.41) is 1.11. The second-order valence-corrected chi connectivity index (χ2v) is 10.9. The third-order valence-corrected chi connectivity index (χ3v) is 7.83. The van der Waals surface area contributed by atoms with E-state index in [0.717, 1.165) is 47.7 Å². The van der Waals surface area contributed by atoms with Gasteiger partial charge in [-0.15, -0.1) is 0 Å². The molecule has 0 aliphatic carbocycles. The first-order valence-electron chi connectivity index (χ1n) is 10.7. The van der Waals surface area contributed by atoms with Gasteiger partial charge in [-0.3, -0.25) is 4.79 Å². The predicted molar refractivity (Wildman–Crippen MR) is 128 cm³/mol. The molecule has 3 heteroatoms. The third-order valence-electron chi connectivity index (χ3n) is 5.75. The molecule has 2 unspecified atom stereocenters. The van der Waals surface area contributed by atoms with Gasteiger partial charge in [-0.2, -0.15) is 0 Å². The standard InChI is InChI=1S/C26H37O2P/c1-9-13-26(10-2,29-23-12-11-18(3)14-20(23)17-27)22-16-19(4)15-21(24(22)28-8)25(5,6)7/h11-12,14-17,29H,9-10,13H2,1-8H3. The molecule has 0 bridgehead atoms. The van der Waals surface area contributed by atoms with Crippen LogP contribution < -0.4 is 10.0 Å². The van der Waals surface area contributed by atoms with Crippen LogP contribution in [0.25, 0.3) is 0 Å². The summed E-state index contributed by atoms with van der Waals surface area (Å²) < 4.78 is 6.06. The molecule has 0 fully saturated rings.